The first-order valence-electron chi connectivity index (χ1n) is 9.41. The highest BCUT2D eigenvalue weighted by atomic mass is 32.1. The fourth-order valence-electron chi connectivity index (χ4n) is 3.55. The average molecular weight is 391 g/mol. The number of nitrogens with one attached hydrogen (secondary N) is 1. The SMILES string of the molecule is CC[C@H]1CCc2c(sc(NC(=O)c3c(C)noc3C)c2C(=O)OC(C)C)C1. The molecule has 146 valence electrons. The van der Waals surface area contributed by atoms with Crippen LogP contribution in [0.5, 0.6) is 0 Å². The largest absolute Gasteiger partial charge is 0.459 e. The third kappa shape index (κ3) is 3.93. The molecule has 0 saturated heterocycles. The summed E-state index contributed by atoms with van der Waals surface area (Å²) in [6.45, 7) is 9.27. The predicted molar refractivity (Wildman–Crippen MR) is 105 cm³/mol. The summed E-state index contributed by atoms with van der Waals surface area (Å²) in [5, 5.41) is 7.32. The number of thiophene rings is 1. The second-order valence-electron chi connectivity index (χ2n) is 7.33. The summed E-state index contributed by atoms with van der Waals surface area (Å²) < 4.78 is 10.6. The Hall–Kier alpha value is -2.15. The van der Waals surface area contributed by atoms with Crippen molar-refractivity contribution in [1.29, 1.82) is 0 Å². The van der Waals surface area contributed by atoms with E-state index < -0.39 is 0 Å². The Kier molecular flexibility index (Phi) is 5.69. The van der Waals surface area contributed by atoms with E-state index in [2.05, 4.69) is 17.4 Å². The molecule has 2 aromatic heterocycles. The minimum absolute atomic E-state index is 0.217. The maximum absolute atomic E-state index is 12.8. The first kappa shape index (κ1) is 19.6. The van der Waals surface area contributed by atoms with E-state index in [9.17, 15) is 9.59 Å². The van der Waals surface area contributed by atoms with Crippen molar-refractivity contribution in [2.45, 2.75) is 66.4 Å². The molecule has 0 spiro atoms. The monoisotopic (exact) mass is 390 g/mol. The highest BCUT2D eigenvalue weighted by Crippen LogP contribution is 2.41. The predicted octanol–water partition coefficient (Wildman–Crippen LogP) is 4.69. The van der Waals surface area contributed by atoms with Crippen molar-refractivity contribution in [3.05, 3.63) is 33.0 Å². The van der Waals surface area contributed by atoms with Gasteiger partial charge >= 0.3 is 5.97 Å². The molecular formula is C20H26N2O4S. The molecule has 0 radical (unpaired) electrons. The van der Waals surface area contributed by atoms with Gasteiger partial charge in [0, 0.05) is 4.88 Å². The molecule has 0 bridgehead atoms. The summed E-state index contributed by atoms with van der Waals surface area (Å²) in [5.74, 6) is 0.405. The Bertz CT molecular complexity index is 846. The van der Waals surface area contributed by atoms with Gasteiger partial charge in [-0.1, -0.05) is 18.5 Å². The zero-order valence-electron chi connectivity index (χ0n) is 16.5. The number of ether oxygens (including phenoxy) is 1. The van der Waals surface area contributed by atoms with E-state index in [1.54, 1.807) is 13.8 Å². The maximum atomic E-state index is 12.8. The molecule has 2 heterocycles. The van der Waals surface area contributed by atoms with Crippen molar-refractivity contribution < 1.29 is 18.8 Å². The minimum atomic E-state index is -0.369. The molecule has 0 aliphatic heterocycles. The number of nitrogens with zero attached hydrogens (tertiary/aromatic N) is 1. The Balaban J connectivity index is 1.97. The summed E-state index contributed by atoms with van der Waals surface area (Å²) in [6, 6.07) is 0. The standard InChI is InChI=1S/C20H26N2O4S/c1-6-13-7-8-14-15(9-13)27-19(17(14)20(24)25-10(2)3)21-18(23)16-11(4)22-26-12(16)5/h10,13H,6-9H2,1-5H3,(H,21,23)/t13-/m0/s1. The van der Waals surface area contributed by atoms with Gasteiger partial charge in [-0.25, -0.2) is 4.79 Å². The number of carbonyl (C=O) groups is 2. The van der Waals surface area contributed by atoms with E-state index in [0.29, 0.717) is 33.5 Å². The van der Waals surface area contributed by atoms with E-state index in [-0.39, 0.29) is 18.0 Å². The van der Waals surface area contributed by atoms with Crippen LogP contribution in [0.3, 0.4) is 0 Å². The van der Waals surface area contributed by atoms with Crippen LogP contribution in [0.25, 0.3) is 0 Å². The lowest BCUT2D eigenvalue weighted by atomic mass is 9.85. The van der Waals surface area contributed by atoms with E-state index in [4.69, 9.17) is 9.26 Å². The van der Waals surface area contributed by atoms with Gasteiger partial charge in [0.05, 0.1) is 17.4 Å². The van der Waals surface area contributed by atoms with Crippen LogP contribution in [0.4, 0.5) is 5.00 Å². The Morgan fingerprint density at radius 3 is 2.67 bits per heavy atom. The van der Waals surface area contributed by atoms with E-state index in [1.807, 2.05) is 13.8 Å². The minimum Gasteiger partial charge on any atom is -0.459 e. The van der Waals surface area contributed by atoms with Gasteiger partial charge < -0.3 is 14.6 Å². The molecule has 3 rings (SSSR count). The maximum Gasteiger partial charge on any atom is 0.341 e. The van der Waals surface area contributed by atoms with Crippen LogP contribution in [-0.4, -0.2) is 23.1 Å². The molecule has 1 amide bonds. The molecule has 1 aliphatic rings. The van der Waals surface area contributed by atoms with Gasteiger partial charge in [-0.2, -0.15) is 0 Å². The number of aromatic nitrogens is 1. The lowest BCUT2D eigenvalue weighted by molar-refractivity contribution is 0.0378. The molecule has 6 nitrogen and oxygen atoms in total. The number of carbonyl (C=O) groups excluding carboxylic acids is 2. The third-order valence-corrected chi connectivity index (χ3v) is 6.15. The quantitative estimate of drug-likeness (QED) is 0.749. The van der Waals surface area contributed by atoms with Gasteiger partial charge in [-0.3, -0.25) is 4.79 Å². The Labute approximate surface area is 163 Å². The van der Waals surface area contributed by atoms with Gasteiger partial charge in [0.2, 0.25) is 0 Å². The van der Waals surface area contributed by atoms with Gasteiger partial charge in [-0.05, 0) is 58.4 Å². The van der Waals surface area contributed by atoms with Crippen LogP contribution < -0.4 is 5.32 Å². The summed E-state index contributed by atoms with van der Waals surface area (Å²) in [5.41, 5.74) is 2.49. The molecule has 0 unspecified atom stereocenters. The number of aryl methyl sites for hydroxylation is 2. The van der Waals surface area contributed by atoms with Gasteiger partial charge in [0.15, 0.2) is 0 Å². The lowest BCUT2D eigenvalue weighted by Crippen LogP contribution is -2.19. The molecule has 2 aromatic rings. The van der Waals surface area contributed by atoms with E-state index in [0.717, 1.165) is 31.2 Å². The highest BCUT2D eigenvalue weighted by molar-refractivity contribution is 7.17. The van der Waals surface area contributed by atoms with Crippen molar-refractivity contribution in [3.63, 3.8) is 0 Å². The number of rotatable bonds is 5. The van der Waals surface area contributed by atoms with Crippen molar-refractivity contribution in [2.75, 3.05) is 5.32 Å². The van der Waals surface area contributed by atoms with Crippen LogP contribution in [0.1, 0.15) is 76.2 Å². The van der Waals surface area contributed by atoms with Crippen molar-refractivity contribution >= 4 is 28.2 Å². The zero-order chi connectivity index (χ0) is 19.7. The summed E-state index contributed by atoms with van der Waals surface area (Å²) in [4.78, 5) is 26.7. The first-order chi connectivity index (χ1) is 12.8. The molecule has 1 aliphatic carbocycles. The average Bonchev–Trinajstić information content (AvgIpc) is 3.12. The molecular weight excluding hydrogens is 364 g/mol. The second kappa shape index (κ2) is 7.84. The summed E-state index contributed by atoms with van der Waals surface area (Å²) >= 11 is 1.49. The number of hydrogen-bond donors (Lipinski definition) is 1. The van der Waals surface area contributed by atoms with E-state index >= 15 is 0 Å². The molecule has 27 heavy (non-hydrogen) atoms. The zero-order valence-corrected chi connectivity index (χ0v) is 17.3. The summed E-state index contributed by atoms with van der Waals surface area (Å²) in [6.07, 6.45) is 3.74. The first-order valence-corrected chi connectivity index (χ1v) is 10.2. The van der Waals surface area contributed by atoms with E-state index in [1.165, 1.54) is 16.2 Å². The van der Waals surface area contributed by atoms with Gasteiger partial charge in [-0.15, -0.1) is 11.3 Å². The second-order valence-corrected chi connectivity index (χ2v) is 8.44. The molecule has 0 fully saturated rings. The van der Waals surface area contributed by atoms with Gasteiger partial charge in [0.25, 0.3) is 5.91 Å². The molecule has 0 saturated carbocycles. The smallest absolute Gasteiger partial charge is 0.341 e. The fraction of sp³-hybridized carbons (Fsp3) is 0.550. The van der Waals surface area contributed by atoms with Crippen LogP contribution >= 0.6 is 11.3 Å². The van der Waals surface area contributed by atoms with Crippen LogP contribution in [0.15, 0.2) is 4.52 Å². The number of fused-ring (bicyclic) bond motifs is 1. The van der Waals surface area contributed by atoms with Crippen LogP contribution in [-0.2, 0) is 17.6 Å². The van der Waals surface area contributed by atoms with Gasteiger partial charge in [0.1, 0.15) is 16.3 Å². The normalized spacial score (nSPS) is 16.3. The molecule has 1 N–H and O–H groups in total. The lowest BCUT2D eigenvalue weighted by Gasteiger charge is -2.21. The fourth-order valence-corrected chi connectivity index (χ4v) is 4.90. The molecule has 0 aromatic carbocycles. The van der Waals surface area contributed by atoms with Crippen molar-refractivity contribution in [1.82, 2.24) is 5.16 Å². The number of esters is 1. The van der Waals surface area contributed by atoms with Crippen LogP contribution in [0.2, 0.25) is 0 Å². The molecule has 1 atom stereocenters. The third-order valence-electron chi connectivity index (χ3n) is 4.98. The topological polar surface area (TPSA) is 81.4 Å². The Morgan fingerprint density at radius 2 is 2.07 bits per heavy atom. The number of anilines is 1. The highest BCUT2D eigenvalue weighted by Gasteiger charge is 2.31. The Morgan fingerprint density at radius 1 is 1.33 bits per heavy atom. The summed E-state index contributed by atoms with van der Waals surface area (Å²) in [7, 11) is 0. The molecule has 7 heteroatoms. The van der Waals surface area contributed by atoms with Crippen molar-refractivity contribution in [2.24, 2.45) is 5.92 Å². The van der Waals surface area contributed by atoms with Crippen molar-refractivity contribution in [3.8, 4) is 0 Å². The number of amides is 1. The van der Waals surface area contributed by atoms with Crippen LogP contribution in [0, 0.1) is 19.8 Å². The number of hydrogen-bond acceptors (Lipinski definition) is 6.